The molecule has 2 amide bonds. The largest absolute Gasteiger partial charge is 0.343 e. The average Bonchev–Trinajstić information content (AvgIpc) is 2.47. The smallest absolute Gasteiger partial charge is 0.257 e. The molecule has 0 aliphatic carbocycles. The lowest BCUT2D eigenvalue weighted by Crippen LogP contribution is -2.33. The number of hydrogen-bond acceptors (Lipinski definition) is 2. The minimum atomic E-state index is -0.998. The summed E-state index contributed by atoms with van der Waals surface area (Å²) in [7, 11) is 0. The third kappa shape index (κ3) is 4.02. The average molecular weight is 325 g/mol. The molecule has 0 unspecified atom stereocenters. The summed E-state index contributed by atoms with van der Waals surface area (Å²) in [5.74, 6) is -3.51. The molecule has 0 heterocycles. The van der Waals surface area contributed by atoms with Crippen molar-refractivity contribution < 1.29 is 18.4 Å². The third-order valence-electron chi connectivity index (χ3n) is 2.73. The van der Waals surface area contributed by atoms with Gasteiger partial charge in [0, 0.05) is 10.7 Å². The number of hydrogen-bond donors (Lipinski definition) is 2. The van der Waals surface area contributed by atoms with E-state index in [-0.39, 0.29) is 0 Å². The maximum atomic E-state index is 13.4. The van der Waals surface area contributed by atoms with Crippen molar-refractivity contribution in [1.82, 2.24) is 5.32 Å². The van der Waals surface area contributed by atoms with Gasteiger partial charge in [-0.15, -0.1) is 0 Å². The highest BCUT2D eigenvalue weighted by atomic mass is 35.5. The molecule has 2 aromatic rings. The van der Waals surface area contributed by atoms with Crippen LogP contribution in [0.5, 0.6) is 0 Å². The highest BCUT2D eigenvalue weighted by Gasteiger charge is 2.17. The number of rotatable bonds is 4. The molecule has 7 heteroatoms. The Morgan fingerprint density at radius 2 is 1.59 bits per heavy atom. The summed E-state index contributed by atoms with van der Waals surface area (Å²) in [6, 6.07) is 9.42. The first-order valence-corrected chi connectivity index (χ1v) is 6.63. The Kier molecular flexibility index (Phi) is 5.06. The van der Waals surface area contributed by atoms with E-state index in [1.165, 1.54) is 0 Å². The number of nitrogens with one attached hydrogen (secondary N) is 2. The van der Waals surface area contributed by atoms with Gasteiger partial charge in [-0.05, 0) is 36.4 Å². The zero-order valence-electron chi connectivity index (χ0n) is 11.2. The summed E-state index contributed by atoms with van der Waals surface area (Å²) in [5, 5.41) is 5.18. The van der Waals surface area contributed by atoms with E-state index in [4.69, 9.17) is 11.6 Å². The molecule has 0 spiro atoms. The Bertz CT molecular complexity index is 685. The van der Waals surface area contributed by atoms with Gasteiger partial charge in [0.15, 0.2) is 0 Å². The molecule has 2 rings (SSSR count). The van der Waals surface area contributed by atoms with Crippen molar-refractivity contribution in [2.45, 2.75) is 0 Å². The first-order valence-electron chi connectivity index (χ1n) is 6.25. The lowest BCUT2D eigenvalue weighted by Gasteiger charge is -2.08. The number of amides is 2. The van der Waals surface area contributed by atoms with E-state index < -0.39 is 35.6 Å². The number of carbonyl (C=O) groups is 2. The van der Waals surface area contributed by atoms with Crippen molar-refractivity contribution >= 4 is 29.1 Å². The van der Waals surface area contributed by atoms with Gasteiger partial charge in [0.25, 0.3) is 5.91 Å². The van der Waals surface area contributed by atoms with E-state index >= 15 is 0 Å². The minimum Gasteiger partial charge on any atom is -0.343 e. The summed E-state index contributed by atoms with van der Waals surface area (Å²) in [6.45, 7) is -0.421. The Morgan fingerprint density at radius 1 is 1.00 bits per heavy atom. The second-order valence-corrected chi connectivity index (χ2v) is 4.77. The molecule has 114 valence electrons. The van der Waals surface area contributed by atoms with Crippen LogP contribution in [0.3, 0.4) is 0 Å². The number of anilines is 1. The zero-order chi connectivity index (χ0) is 16.1. The normalized spacial score (nSPS) is 10.1. The van der Waals surface area contributed by atoms with Crippen LogP contribution in [0.15, 0.2) is 42.5 Å². The molecule has 0 radical (unpaired) electrons. The van der Waals surface area contributed by atoms with E-state index in [1.54, 1.807) is 24.3 Å². The Hall–Kier alpha value is -2.47. The maximum Gasteiger partial charge on any atom is 0.257 e. The summed E-state index contributed by atoms with van der Waals surface area (Å²) >= 11 is 5.71. The number of carbonyl (C=O) groups excluding carboxylic acids is 2. The van der Waals surface area contributed by atoms with Crippen LogP contribution in [0.4, 0.5) is 14.5 Å². The summed E-state index contributed by atoms with van der Waals surface area (Å²) in [5.41, 5.74) is -0.234. The fourth-order valence-corrected chi connectivity index (χ4v) is 1.83. The van der Waals surface area contributed by atoms with Crippen molar-refractivity contribution in [3.63, 3.8) is 0 Å². The van der Waals surface area contributed by atoms with Gasteiger partial charge in [-0.25, -0.2) is 8.78 Å². The number of halogens is 3. The van der Waals surface area contributed by atoms with Gasteiger partial charge in [0.2, 0.25) is 5.91 Å². The molecule has 0 fully saturated rings. The van der Waals surface area contributed by atoms with Gasteiger partial charge < -0.3 is 10.6 Å². The van der Waals surface area contributed by atoms with Gasteiger partial charge in [0.1, 0.15) is 17.2 Å². The monoisotopic (exact) mass is 324 g/mol. The zero-order valence-corrected chi connectivity index (χ0v) is 12.0. The molecule has 0 atom stereocenters. The molecular weight excluding hydrogens is 314 g/mol. The van der Waals surface area contributed by atoms with Crippen LogP contribution in [-0.4, -0.2) is 18.4 Å². The van der Waals surface area contributed by atoms with Gasteiger partial charge in [0.05, 0.1) is 6.54 Å². The van der Waals surface area contributed by atoms with E-state index in [2.05, 4.69) is 10.6 Å². The van der Waals surface area contributed by atoms with Gasteiger partial charge in [-0.1, -0.05) is 17.7 Å². The lowest BCUT2D eigenvalue weighted by molar-refractivity contribution is -0.115. The van der Waals surface area contributed by atoms with Crippen LogP contribution in [-0.2, 0) is 4.79 Å². The molecule has 0 aromatic heterocycles. The van der Waals surface area contributed by atoms with E-state index in [1.807, 2.05) is 0 Å². The fraction of sp³-hybridized carbons (Fsp3) is 0.0667. The molecule has 2 N–H and O–H groups in total. The highest BCUT2D eigenvalue weighted by Crippen LogP contribution is 2.13. The molecular formula is C15H11ClF2N2O2. The van der Waals surface area contributed by atoms with E-state index in [0.29, 0.717) is 10.7 Å². The predicted molar refractivity (Wildman–Crippen MR) is 78.8 cm³/mol. The first kappa shape index (κ1) is 15.9. The minimum absolute atomic E-state index is 0.421. The molecule has 2 aromatic carbocycles. The molecule has 22 heavy (non-hydrogen) atoms. The van der Waals surface area contributed by atoms with E-state index in [0.717, 1.165) is 18.2 Å². The molecule has 0 bridgehead atoms. The van der Waals surface area contributed by atoms with Crippen LogP contribution >= 0.6 is 11.6 Å². The second-order valence-electron chi connectivity index (χ2n) is 4.33. The second kappa shape index (κ2) is 7.00. The van der Waals surface area contributed by atoms with Crippen LogP contribution in [0.1, 0.15) is 10.4 Å². The SMILES string of the molecule is O=C(CNC(=O)c1c(F)cccc1F)Nc1ccc(Cl)cc1. The van der Waals surface area contributed by atoms with Crippen molar-refractivity contribution in [3.05, 3.63) is 64.7 Å². The Morgan fingerprint density at radius 3 is 2.18 bits per heavy atom. The van der Waals surface area contributed by atoms with Crippen LogP contribution < -0.4 is 10.6 Å². The summed E-state index contributed by atoms with van der Waals surface area (Å²) in [6.07, 6.45) is 0. The lowest BCUT2D eigenvalue weighted by atomic mass is 10.2. The topological polar surface area (TPSA) is 58.2 Å². The Balaban J connectivity index is 1.93. The van der Waals surface area contributed by atoms with Gasteiger partial charge in [-0.2, -0.15) is 0 Å². The van der Waals surface area contributed by atoms with Gasteiger partial charge in [-0.3, -0.25) is 9.59 Å². The first-order chi connectivity index (χ1) is 10.5. The molecule has 0 aliphatic heterocycles. The predicted octanol–water partition coefficient (Wildman–Crippen LogP) is 2.99. The van der Waals surface area contributed by atoms with Gasteiger partial charge >= 0.3 is 0 Å². The standard InChI is InChI=1S/C15H11ClF2N2O2/c16-9-4-6-10(7-5-9)20-13(21)8-19-15(22)14-11(17)2-1-3-12(14)18/h1-7H,8H2,(H,19,22)(H,20,21). The Labute approximate surface area is 130 Å². The molecule has 4 nitrogen and oxygen atoms in total. The fourth-order valence-electron chi connectivity index (χ4n) is 1.70. The van der Waals surface area contributed by atoms with E-state index in [9.17, 15) is 18.4 Å². The quantitative estimate of drug-likeness (QED) is 0.908. The molecule has 0 saturated heterocycles. The van der Waals surface area contributed by atoms with Crippen LogP contribution in [0.2, 0.25) is 5.02 Å². The van der Waals surface area contributed by atoms with Crippen LogP contribution in [0.25, 0.3) is 0 Å². The summed E-state index contributed by atoms with van der Waals surface area (Å²) < 4.78 is 26.8. The van der Waals surface area contributed by atoms with Crippen molar-refractivity contribution in [2.75, 3.05) is 11.9 Å². The van der Waals surface area contributed by atoms with Crippen molar-refractivity contribution in [2.24, 2.45) is 0 Å². The van der Waals surface area contributed by atoms with Crippen LogP contribution in [0, 0.1) is 11.6 Å². The maximum absolute atomic E-state index is 13.4. The summed E-state index contributed by atoms with van der Waals surface area (Å²) in [4.78, 5) is 23.4. The van der Waals surface area contributed by atoms with Crippen molar-refractivity contribution in [1.29, 1.82) is 0 Å². The van der Waals surface area contributed by atoms with Crippen molar-refractivity contribution in [3.8, 4) is 0 Å². The third-order valence-corrected chi connectivity index (χ3v) is 2.98. The molecule has 0 aliphatic rings. The number of benzene rings is 2. The molecule has 0 saturated carbocycles. The highest BCUT2D eigenvalue weighted by molar-refractivity contribution is 6.30.